The molecule has 104 valence electrons. The monoisotopic (exact) mass is 296 g/mol. The van der Waals surface area contributed by atoms with Crippen LogP contribution in [0.4, 0.5) is 0 Å². The van der Waals surface area contributed by atoms with Gasteiger partial charge >= 0.3 is 0 Å². The second-order valence-electron chi connectivity index (χ2n) is 5.20. The van der Waals surface area contributed by atoms with Gasteiger partial charge in [0.15, 0.2) is 0 Å². The number of aryl methyl sites for hydroxylation is 2. The number of thiophene rings is 1. The molecule has 1 aliphatic carbocycles. The second-order valence-corrected chi connectivity index (χ2v) is 6.86. The summed E-state index contributed by atoms with van der Waals surface area (Å²) in [4.78, 5) is 16.9. The SMILES string of the molecule is CC(CC(N)=S)N(C)C(=O)c1cc2c(s1)CCCC2. The first-order valence-corrected chi connectivity index (χ1v) is 7.88. The third-order valence-corrected chi connectivity index (χ3v) is 5.08. The summed E-state index contributed by atoms with van der Waals surface area (Å²) in [5.74, 6) is 0.0862. The normalized spacial score (nSPS) is 15.7. The van der Waals surface area contributed by atoms with Gasteiger partial charge in [0, 0.05) is 24.4 Å². The topological polar surface area (TPSA) is 46.3 Å². The van der Waals surface area contributed by atoms with Gasteiger partial charge in [-0.15, -0.1) is 11.3 Å². The van der Waals surface area contributed by atoms with Crippen LogP contribution in [0.25, 0.3) is 0 Å². The summed E-state index contributed by atoms with van der Waals surface area (Å²) < 4.78 is 0. The van der Waals surface area contributed by atoms with E-state index in [9.17, 15) is 4.79 Å². The largest absolute Gasteiger partial charge is 0.393 e. The van der Waals surface area contributed by atoms with E-state index in [0.29, 0.717) is 11.4 Å². The molecule has 0 bridgehead atoms. The zero-order chi connectivity index (χ0) is 14.0. The number of nitrogens with zero attached hydrogens (tertiary/aromatic N) is 1. The van der Waals surface area contributed by atoms with Crippen molar-refractivity contribution in [1.29, 1.82) is 0 Å². The molecule has 0 fully saturated rings. The van der Waals surface area contributed by atoms with E-state index in [2.05, 4.69) is 6.07 Å². The Morgan fingerprint density at radius 3 is 2.84 bits per heavy atom. The number of hydrogen-bond donors (Lipinski definition) is 1. The third kappa shape index (κ3) is 3.34. The zero-order valence-electron chi connectivity index (χ0n) is 11.4. The van der Waals surface area contributed by atoms with Gasteiger partial charge in [-0.3, -0.25) is 4.79 Å². The molecule has 0 aliphatic heterocycles. The van der Waals surface area contributed by atoms with Gasteiger partial charge in [-0.05, 0) is 44.2 Å². The van der Waals surface area contributed by atoms with Crippen molar-refractivity contribution in [2.24, 2.45) is 5.73 Å². The second kappa shape index (κ2) is 6.01. The Bertz CT molecular complexity index is 472. The van der Waals surface area contributed by atoms with Crippen LogP contribution < -0.4 is 5.73 Å². The van der Waals surface area contributed by atoms with Crippen LogP contribution in [0.2, 0.25) is 0 Å². The number of fused-ring (bicyclic) bond motifs is 1. The molecule has 0 aromatic carbocycles. The fourth-order valence-electron chi connectivity index (χ4n) is 2.40. The summed E-state index contributed by atoms with van der Waals surface area (Å²) in [6.45, 7) is 1.98. The van der Waals surface area contributed by atoms with Gasteiger partial charge in [0.05, 0.1) is 9.87 Å². The Morgan fingerprint density at radius 2 is 2.21 bits per heavy atom. The maximum absolute atomic E-state index is 12.4. The molecule has 1 atom stereocenters. The molecule has 2 rings (SSSR count). The molecule has 1 heterocycles. The smallest absolute Gasteiger partial charge is 0.263 e. The van der Waals surface area contributed by atoms with Gasteiger partial charge in [0.25, 0.3) is 5.91 Å². The Hall–Kier alpha value is -0.940. The van der Waals surface area contributed by atoms with Crippen LogP contribution in [0.1, 0.15) is 46.3 Å². The van der Waals surface area contributed by atoms with Crippen molar-refractivity contribution in [3.63, 3.8) is 0 Å². The van der Waals surface area contributed by atoms with Crippen molar-refractivity contribution < 1.29 is 4.79 Å². The Labute approximate surface area is 123 Å². The predicted octanol–water partition coefficient (Wildman–Crippen LogP) is 2.76. The number of rotatable bonds is 4. The highest BCUT2D eigenvalue weighted by molar-refractivity contribution is 7.80. The standard InChI is InChI=1S/C14H20N2OS2/c1-9(7-13(15)18)16(2)14(17)12-8-10-5-3-4-6-11(10)19-12/h8-9H,3-7H2,1-2H3,(H2,15,18). The van der Waals surface area contributed by atoms with E-state index in [1.54, 1.807) is 16.2 Å². The summed E-state index contributed by atoms with van der Waals surface area (Å²) in [5.41, 5.74) is 6.92. The molecular formula is C14H20N2OS2. The molecule has 0 saturated heterocycles. The number of carbonyl (C=O) groups excluding carboxylic acids is 1. The van der Waals surface area contributed by atoms with Crippen LogP contribution in [0, 0.1) is 0 Å². The lowest BCUT2D eigenvalue weighted by Crippen LogP contribution is -2.37. The van der Waals surface area contributed by atoms with Gasteiger partial charge in [0.2, 0.25) is 0 Å². The van der Waals surface area contributed by atoms with E-state index in [1.165, 1.54) is 23.3 Å². The number of amides is 1. The van der Waals surface area contributed by atoms with Crippen molar-refractivity contribution in [2.75, 3.05) is 7.05 Å². The van der Waals surface area contributed by atoms with Crippen molar-refractivity contribution >= 4 is 34.5 Å². The molecule has 5 heteroatoms. The van der Waals surface area contributed by atoms with Crippen molar-refractivity contribution in [3.8, 4) is 0 Å². The molecular weight excluding hydrogens is 276 g/mol. The lowest BCUT2D eigenvalue weighted by Gasteiger charge is -2.23. The van der Waals surface area contributed by atoms with Gasteiger partial charge in [0.1, 0.15) is 0 Å². The van der Waals surface area contributed by atoms with Crippen LogP contribution in [0.5, 0.6) is 0 Å². The highest BCUT2D eigenvalue weighted by Gasteiger charge is 2.22. The molecule has 19 heavy (non-hydrogen) atoms. The Balaban J connectivity index is 2.10. The number of hydrogen-bond acceptors (Lipinski definition) is 3. The molecule has 1 amide bonds. The summed E-state index contributed by atoms with van der Waals surface area (Å²) in [6, 6.07) is 2.12. The van der Waals surface area contributed by atoms with Crippen LogP contribution in [0.3, 0.4) is 0 Å². The van der Waals surface area contributed by atoms with E-state index < -0.39 is 0 Å². The lowest BCUT2D eigenvalue weighted by molar-refractivity contribution is 0.0753. The molecule has 2 N–H and O–H groups in total. The van der Waals surface area contributed by atoms with E-state index in [-0.39, 0.29) is 11.9 Å². The van der Waals surface area contributed by atoms with E-state index in [4.69, 9.17) is 18.0 Å². The minimum Gasteiger partial charge on any atom is -0.393 e. The number of nitrogens with two attached hydrogens (primary N) is 1. The highest BCUT2D eigenvalue weighted by atomic mass is 32.1. The highest BCUT2D eigenvalue weighted by Crippen LogP contribution is 2.30. The molecule has 0 saturated carbocycles. The summed E-state index contributed by atoms with van der Waals surface area (Å²) in [6.07, 6.45) is 5.30. The summed E-state index contributed by atoms with van der Waals surface area (Å²) in [5, 5.41) is 0. The predicted molar refractivity (Wildman–Crippen MR) is 83.9 cm³/mol. The molecule has 0 spiro atoms. The first-order valence-electron chi connectivity index (χ1n) is 6.66. The van der Waals surface area contributed by atoms with E-state index >= 15 is 0 Å². The maximum Gasteiger partial charge on any atom is 0.263 e. The first-order chi connectivity index (χ1) is 8.99. The summed E-state index contributed by atoms with van der Waals surface area (Å²) in [7, 11) is 1.82. The fraction of sp³-hybridized carbons (Fsp3) is 0.571. The lowest BCUT2D eigenvalue weighted by atomic mass is 9.99. The Kier molecular flexibility index (Phi) is 4.58. The fourth-order valence-corrected chi connectivity index (χ4v) is 3.88. The van der Waals surface area contributed by atoms with Crippen LogP contribution in [0.15, 0.2) is 6.07 Å². The number of carbonyl (C=O) groups is 1. The molecule has 1 aromatic heterocycles. The van der Waals surface area contributed by atoms with Gasteiger partial charge < -0.3 is 10.6 Å². The van der Waals surface area contributed by atoms with Crippen LogP contribution >= 0.6 is 23.6 Å². The average molecular weight is 296 g/mol. The van der Waals surface area contributed by atoms with Gasteiger partial charge in [-0.2, -0.15) is 0 Å². The van der Waals surface area contributed by atoms with E-state index in [0.717, 1.165) is 17.7 Å². The average Bonchev–Trinajstić information content (AvgIpc) is 2.79. The molecule has 1 unspecified atom stereocenters. The molecule has 3 nitrogen and oxygen atoms in total. The minimum absolute atomic E-state index is 0.0455. The first kappa shape index (κ1) is 14.5. The Morgan fingerprint density at radius 1 is 1.53 bits per heavy atom. The van der Waals surface area contributed by atoms with Crippen molar-refractivity contribution in [2.45, 2.75) is 45.1 Å². The van der Waals surface area contributed by atoms with Gasteiger partial charge in [-0.1, -0.05) is 12.2 Å². The quantitative estimate of drug-likeness (QED) is 0.869. The van der Waals surface area contributed by atoms with Crippen molar-refractivity contribution in [3.05, 3.63) is 21.4 Å². The molecule has 1 aromatic rings. The van der Waals surface area contributed by atoms with Gasteiger partial charge in [-0.25, -0.2) is 0 Å². The van der Waals surface area contributed by atoms with E-state index in [1.807, 2.05) is 14.0 Å². The van der Waals surface area contributed by atoms with Crippen molar-refractivity contribution in [1.82, 2.24) is 4.90 Å². The third-order valence-electron chi connectivity index (χ3n) is 3.69. The minimum atomic E-state index is 0.0455. The summed E-state index contributed by atoms with van der Waals surface area (Å²) >= 11 is 6.56. The molecule has 1 aliphatic rings. The number of thiocarbonyl (C=S) groups is 1. The maximum atomic E-state index is 12.4. The van der Waals surface area contributed by atoms with Crippen LogP contribution in [-0.2, 0) is 12.8 Å². The zero-order valence-corrected chi connectivity index (χ0v) is 13.1. The molecule has 0 radical (unpaired) electrons. The van der Waals surface area contributed by atoms with Crippen LogP contribution in [-0.4, -0.2) is 28.9 Å².